The fourth-order valence-corrected chi connectivity index (χ4v) is 1.49. The average Bonchev–Trinajstić information content (AvgIpc) is 1.95. The Morgan fingerprint density at radius 2 is 1.85 bits per heavy atom. The number of hydrogen-bond donors (Lipinski definition) is 1. The molecule has 0 heterocycles. The van der Waals surface area contributed by atoms with Crippen molar-refractivity contribution in [1.29, 1.82) is 0 Å². The van der Waals surface area contributed by atoms with E-state index in [1.54, 1.807) is 0 Å². The van der Waals surface area contributed by atoms with Gasteiger partial charge in [-0.2, -0.15) is 24.9 Å². The zero-order valence-corrected chi connectivity index (χ0v) is 8.58. The molecule has 0 aliphatic heterocycles. The maximum Gasteiger partial charge on any atom is 0.389 e. The van der Waals surface area contributed by atoms with Gasteiger partial charge in [-0.1, -0.05) is 13.8 Å². The van der Waals surface area contributed by atoms with E-state index < -0.39 is 18.7 Å². The molecular weight excluding hydrogens is 201 g/mol. The van der Waals surface area contributed by atoms with Gasteiger partial charge in [0.1, 0.15) is 0 Å². The Bertz CT molecular complexity index is 136. The SMILES string of the molecule is CC(C)SCC(O)CCC(F)(F)F. The highest BCUT2D eigenvalue weighted by Gasteiger charge is 2.27. The van der Waals surface area contributed by atoms with Gasteiger partial charge in [0.2, 0.25) is 0 Å². The molecule has 0 aromatic heterocycles. The van der Waals surface area contributed by atoms with Crippen LogP contribution in [0.5, 0.6) is 0 Å². The van der Waals surface area contributed by atoms with Crippen LogP contribution in [0.2, 0.25) is 0 Å². The van der Waals surface area contributed by atoms with Crippen molar-refractivity contribution < 1.29 is 18.3 Å². The minimum atomic E-state index is -4.15. The summed E-state index contributed by atoms with van der Waals surface area (Å²) >= 11 is 1.47. The number of halogens is 3. The molecule has 1 nitrogen and oxygen atoms in total. The number of aliphatic hydroxyl groups is 1. The molecule has 0 aromatic carbocycles. The third-order valence-electron chi connectivity index (χ3n) is 1.38. The smallest absolute Gasteiger partial charge is 0.389 e. The van der Waals surface area contributed by atoms with Crippen molar-refractivity contribution in [2.24, 2.45) is 0 Å². The summed E-state index contributed by atoms with van der Waals surface area (Å²) in [4.78, 5) is 0. The Morgan fingerprint density at radius 1 is 1.31 bits per heavy atom. The lowest BCUT2D eigenvalue weighted by Gasteiger charge is -2.12. The molecular formula is C8H15F3OS. The van der Waals surface area contributed by atoms with Crippen molar-refractivity contribution in [2.75, 3.05) is 5.75 Å². The van der Waals surface area contributed by atoms with E-state index in [-0.39, 0.29) is 6.42 Å². The fraction of sp³-hybridized carbons (Fsp3) is 1.00. The predicted molar refractivity (Wildman–Crippen MR) is 48.9 cm³/mol. The molecule has 0 spiro atoms. The fourth-order valence-electron chi connectivity index (χ4n) is 0.717. The lowest BCUT2D eigenvalue weighted by atomic mass is 10.2. The first-order chi connectivity index (χ1) is 5.81. The number of alkyl halides is 3. The quantitative estimate of drug-likeness (QED) is 0.762. The van der Waals surface area contributed by atoms with E-state index in [1.165, 1.54) is 11.8 Å². The van der Waals surface area contributed by atoms with Gasteiger partial charge < -0.3 is 5.11 Å². The standard InChI is InChI=1S/C8H15F3OS/c1-6(2)13-5-7(12)3-4-8(9,10)11/h6-7,12H,3-5H2,1-2H3. The second-order valence-electron chi connectivity index (χ2n) is 3.19. The summed E-state index contributed by atoms with van der Waals surface area (Å²) in [6.07, 6.45) is -6.08. The van der Waals surface area contributed by atoms with Gasteiger partial charge in [0, 0.05) is 12.2 Å². The zero-order valence-electron chi connectivity index (χ0n) is 7.77. The maximum absolute atomic E-state index is 11.7. The largest absolute Gasteiger partial charge is 0.392 e. The van der Waals surface area contributed by atoms with Gasteiger partial charge >= 0.3 is 6.18 Å². The van der Waals surface area contributed by atoms with Crippen LogP contribution in [-0.2, 0) is 0 Å². The van der Waals surface area contributed by atoms with Crippen molar-refractivity contribution in [3.05, 3.63) is 0 Å². The molecule has 0 saturated carbocycles. The average molecular weight is 216 g/mol. The van der Waals surface area contributed by atoms with Crippen molar-refractivity contribution in [2.45, 2.75) is 44.2 Å². The monoisotopic (exact) mass is 216 g/mol. The van der Waals surface area contributed by atoms with E-state index in [0.29, 0.717) is 11.0 Å². The summed E-state index contributed by atoms with van der Waals surface area (Å²) in [6.45, 7) is 3.89. The van der Waals surface area contributed by atoms with Crippen LogP contribution >= 0.6 is 11.8 Å². The Kier molecular flexibility index (Phi) is 5.80. The first-order valence-corrected chi connectivity index (χ1v) is 5.22. The normalized spacial score (nSPS) is 15.0. The van der Waals surface area contributed by atoms with Crippen molar-refractivity contribution in [3.63, 3.8) is 0 Å². The molecule has 0 aromatic rings. The molecule has 0 aliphatic rings. The molecule has 0 radical (unpaired) electrons. The second kappa shape index (κ2) is 5.75. The lowest BCUT2D eigenvalue weighted by molar-refractivity contribution is -0.139. The minimum Gasteiger partial charge on any atom is -0.392 e. The molecule has 1 atom stereocenters. The van der Waals surface area contributed by atoms with Gasteiger partial charge in [-0.25, -0.2) is 0 Å². The summed E-state index contributed by atoms with van der Waals surface area (Å²) < 4.78 is 35.1. The minimum absolute atomic E-state index is 0.191. The van der Waals surface area contributed by atoms with Gasteiger partial charge in [-0.15, -0.1) is 0 Å². The van der Waals surface area contributed by atoms with Crippen LogP contribution in [0, 0.1) is 0 Å². The van der Waals surface area contributed by atoms with Crippen LogP contribution in [0.15, 0.2) is 0 Å². The Labute approximate surface area is 80.7 Å². The summed E-state index contributed by atoms with van der Waals surface area (Å²) in [5.41, 5.74) is 0. The third kappa shape index (κ3) is 10.0. The first-order valence-electron chi connectivity index (χ1n) is 4.17. The maximum atomic E-state index is 11.7. The molecule has 80 valence electrons. The number of aliphatic hydroxyl groups excluding tert-OH is 1. The van der Waals surface area contributed by atoms with Crippen LogP contribution in [0.3, 0.4) is 0 Å². The molecule has 1 N–H and O–H groups in total. The molecule has 0 saturated heterocycles. The lowest BCUT2D eigenvalue weighted by Crippen LogP contribution is -2.16. The predicted octanol–water partition coefficient (Wildman–Crippen LogP) is 2.83. The third-order valence-corrected chi connectivity index (χ3v) is 2.63. The number of rotatable bonds is 5. The van der Waals surface area contributed by atoms with E-state index in [1.807, 2.05) is 13.8 Å². The molecule has 0 bridgehead atoms. The molecule has 1 unspecified atom stereocenters. The van der Waals surface area contributed by atoms with Gasteiger partial charge in [-0.05, 0) is 11.7 Å². The van der Waals surface area contributed by atoms with Gasteiger partial charge in [0.15, 0.2) is 0 Å². The highest BCUT2D eigenvalue weighted by molar-refractivity contribution is 7.99. The zero-order chi connectivity index (χ0) is 10.5. The second-order valence-corrected chi connectivity index (χ2v) is 4.80. The molecule has 0 aliphatic carbocycles. The van der Waals surface area contributed by atoms with Crippen LogP contribution in [-0.4, -0.2) is 28.4 Å². The van der Waals surface area contributed by atoms with Gasteiger partial charge in [-0.3, -0.25) is 0 Å². The van der Waals surface area contributed by atoms with E-state index >= 15 is 0 Å². The summed E-state index contributed by atoms with van der Waals surface area (Å²) in [5, 5.41) is 9.49. The summed E-state index contributed by atoms with van der Waals surface area (Å²) in [5.74, 6) is 0.383. The van der Waals surface area contributed by atoms with Crippen molar-refractivity contribution in [3.8, 4) is 0 Å². The number of hydrogen-bond acceptors (Lipinski definition) is 2. The molecule has 0 fully saturated rings. The highest BCUT2D eigenvalue weighted by Crippen LogP contribution is 2.23. The number of thioether (sulfide) groups is 1. The van der Waals surface area contributed by atoms with Crippen LogP contribution < -0.4 is 0 Å². The Morgan fingerprint density at radius 3 is 2.23 bits per heavy atom. The Hall–Kier alpha value is 0.100. The molecule has 0 rings (SSSR count). The van der Waals surface area contributed by atoms with E-state index in [4.69, 9.17) is 5.11 Å². The van der Waals surface area contributed by atoms with Crippen LogP contribution in [0.1, 0.15) is 26.7 Å². The summed E-state index contributed by atoms with van der Waals surface area (Å²) in [7, 11) is 0. The summed E-state index contributed by atoms with van der Waals surface area (Å²) in [6, 6.07) is 0. The van der Waals surface area contributed by atoms with Crippen LogP contribution in [0.25, 0.3) is 0 Å². The van der Waals surface area contributed by atoms with Crippen molar-refractivity contribution in [1.82, 2.24) is 0 Å². The van der Waals surface area contributed by atoms with E-state index in [2.05, 4.69) is 0 Å². The van der Waals surface area contributed by atoms with E-state index in [9.17, 15) is 13.2 Å². The van der Waals surface area contributed by atoms with Crippen LogP contribution in [0.4, 0.5) is 13.2 Å². The van der Waals surface area contributed by atoms with Gasteiger partial charge in [0.05, 0.1) is 6.10 Å². The molecule has 13 heavy (non-hydrogen) atoms. The Balaban J connectivity index is 3.46. The van der Waals surface area contributed by atoms with Gasteiger partial charge in [0.25, 0.3) is 0 Å². The van der Waals surface area contributed by atoms with E-state index in [0.717, 1.165) is 0 Å². The molecule has 5 heteroatoms. The topological polar surface area (TPSA) is 20.2 Å². The highest BCUT2D eigenvalue weighted by atomic mass is 32.2. The first kappa shape index (κ1) is 13.1. The van der Waals surface area contributed by atoms with Crippen molar-refractivity contribution >= 4 is 11.8 Å². The molecule has 0 amide bonds.